The van der Waals surface area contributed by atoms with E-state index in [2.05, 4.69) is 20.6 Å². The monoisotopic (exact) mass is 352 g/mol. The highest BCUT2D eigenvalue weighted by molar-refractivity contribution is 7.09. The fourth-order valence-corrected chi connectivity index (χ4v) is 3.83. The van der Waals surface area contributed by atoms with Crippen molar-refractivity contribution in [3.05, 3.63) is 16.1 Å². The van der Waals surface area contributed by atoms with E-state index in [4.69, 9.17) is 4.74 Å². The van der Waals surface area contributed by atoms with E-state index in [0.29, 0.717) is 25.6 Å². The number of piperidine rings is 1. The summed E-state index contributed by atoms with van der Waals surface area (Å²) in [7, 11) is 0. The van der Waals surface area contributed by atoms with Crippen LogP contribution in [0.25, 0.3) is 0 Å². The molecule has 0 aromatic carbocycles. The minimum atomic E-state index is -0.396. The molecule has 3 rings (SSSR count). The van der Waals surface area contributed by atoms with Crippen LogP contribution in [0.3, 0.4) is 0 Å². The second-order valence-corrected chi connectivity index (χ2v) is 7.50. The number of hydrogen-bond donors (Lipinski definition) is 1. The van der Waals surface area contributed by atoms with Crippen LogP contribution in [0, 0.1) is 12.8 Å². The van der Waals surface area contributed by atoms with Gasteiger partial charge in [0.25, 0.3) is 0 Å². The summed E-state index contributed by atoms with van der Waals surface area (Å²) in [6.45, 7) is 6.59. The Balaban J connectivity index is 1.40. The third-order valence-electron chi connectivity index (χ3n) is 4.42. The zero-order valence-corrected chi connectivity index (χ0v) is 14.8. The van der Waals surface area contributed by atoms with Gasteiger partial charge in [0, 0.05) is 25.0 Å². The first-order valence-electron chi connectivity index (χ1n) is 8.42. The molecule has 1 aromatic rings. The summed E-state index contributed by atoms with van der Waals surface area (Å²) in [4.78, 5) is 31.7. The number of aromatic nitrogens is 1. The number of cyclic esters (lactones) is 1. The number of nitrogens with one attached hydrogen (secondary N) is 1. The van der Waals surface area contributed by atoms with Gasteiger partial charge in [0.1, 0.15) is 13.2 Å². The van der Waals surface area contributed by atoms with E-state index in [0.717, 1.165) is 43.2 Å². The van der Waals surface area contributed by atoms with Crippen LogP contribution in [0.2, 0.25) is 0 Å². The van der Waals surface area contributed by atoms with Crippen LogP contribution >= 0.6 is 11.3 Å². The first kappa shape index (κ1) is 17.2. The smallest absolute Gasteiger partial charge is 0.410 e. The van der Waals surface area contributed by atoms with Crippen molar-refractivity contribution in [3.63, 3.8) is 0 Å². The third-order valence-corrected chi connectivity index (χ3v) is 5.24. The topological polar surface area (TPSA) is 74.8 Å². The molecule has 8 heteroatoms. The Morgan fingerprint density at radius 1 is 1.50 bits per heavy atom. The molecule has 24 heavy (non-hydrogen) atoms. The number of ether oxygens (including phenoxy) is 1. The fraction of sp³-hybridized carbons (Fsp3) is 0.688. The summed E-state index contributed by atoms with van der Waals surface area (Å²) in [5.41, 5.74) is 1.13. The minimum absolute atomic E-state index is 0.0906. The molecular weight excluding hydrogens is 328 g/mol. The molecule has 0 saturated carbocycles. The molecule has 0 aliphatic carbocycles. The Labute approximate surface area is 146 Å². The molecule has 7 nitrogen and oxygen atoms in total. The fourth-order valence-electron chi connectivity index (χ4n) is 3.23. The molecule has 2 aliphatic rings. The van der Waals surface area contributed by atoms with Crippen LogP contribution in [0.15, 0.2) is 5.38 Å². The summed E-state index contributed by atoms with van der Waals surface area (Å²) in [6, 6.07) is 0. The molecule has 1 atom stereocenters. The van der Waals surface area contributed by atoms with Crippen LogP contribution in [0.1, 0.15) is 23.5 Å². The van der Waals surface area contributed by atoms with Gasteiger partial charge in [-0.1, -0.05) is 0 Å². The Kier molecular flexibility index (Phi) is 5.68. The number of likely N-dealkylation sites (tertiary alicyclic amines) is 1. The lowest BCUT2D eigenvalue weighted by atomic mass is 9.98. The zero-order valence-electron chi connectivity index (χ0n) is 14.0. The summed E-state index contributed by atoms with van der Waals surface area (Å²) in [5.74, 6) is 0.342. The van der Waals surface area contributed by atoms with Crippen molar-refractivity contribution in [3.8, 4) is 0 Å². The maximum absolute atomic E-state index is 12.0. The number of aryl methyl sites for hydroxylation is 1. The molecule has 1 unspecified atom stereocenters. The van der Waals surface area contributed by atoms with Crippen LogP contribution in [0.4, 0.5) is 4.79 Å². The van der Waals surface area contributed by atoms with Gasteiger partial charge in [-0.3, -0.25) is 14.6 Å². The lowest BCUT2D eigenvalue weighted by Crippen LogP contribution is -2.43. The van der Waals surface area contributed by atoms with Gasteiger partial charge in [0.05, 0.1) is 17.2 Å². The van der Waals surface area contributed by atoms with Gasteiger partial charge in [-0.2, -0.15) is 0 Å². The largest absolute Gasteiger partial charge is 0.448 e. The first-order chi connectivity index (χ1) is 11.6. The van der Waals surface area contributed by atoms with Crippen molar-refractivity contribution in [2.24, 2.45) is 5.92 Å². The molecule has 0 radical (unpaired) electrons. The molecule has 1 N–H and O–H groups in total. The standard InChI is InChI=1S/C16H24N4O3S/c1-12-18-14(11-24-12)9-19-4-2-3-13(8-19)7-17-15(21)10-20-5-6-23-16(20)22/h11,13H,2-10H2,1H3,(H,17,21). The van der Waals surface area contributed by atoms with Crippen LogP contribution in [-0.4, -0.2) is 66.1 Å². The second-order valence-electron chi connectivity index (χ2n) is 6.44. The van der Waals surface area contributed by atoms with Gasteiger partial charge < -0.3 is 10.1 Å². The normalized spacial score (nSPS) is 21.8. The Bertz CT molecular complexity index is 592. The number of thiazole rings is 1. The highest BCUT2D eigenvalue weighted by atomic mass is 32.1. The number of amides is 2. The van der Waals surface area contributed by atoms with Gasteiger partial charge in [0.15, 0.2) is 0 Å². The van der Waals surface area contributed by atoms with E-state index in [1.807, 2.05) is 6.92 Å². The van der Waals surface area contributed by atoms with E-state index < -0.39 is 6.09 Å². The Hall–Kier alpha value is -1.67. The van der Waals surface area contributed by atoms with Gasteiger partial charge in [-0.15, -0.1) is 11.3 Å². The van der Waals surface area contributed by atoms with E-state index in [1.165, 1.54) is 4.90 Å². The van der Waals surface area contributed by atoms with Crippen molar-refractivity contribution >= 4 is 23.3 Å². The van der Waals surface area contributed by atoms with Crippen molar-refractivity contribution < 1.29 is 14.3 Å². The summed E-state index contributed by atoms with van der Waals surface area (Å²) in [6.07, 6.45) is 1.87. The zero-order chi connectivity index (χ0) is 16.9. The van der Waals surface area contributed by atoms with Crippen molar-refractivity contribution in [2.75, 3.05) is 39.3 Å². The molecule has 2 fully saturated rings. The van der Waals surface area contributed by atoms with Gasteiger partial charge >= 0.3 is 6.09 Å². The van der Waals surface area contributed by atoms with Crippen molar-refractivity contribution in [1.29, 1.82) is 0 Å². The lowest BCUT2D eigenvalue weighted by molar-refractivity contribution is -0.121. The maximum Gasteiger partial charge on any atom is 0.410 e. The summed E-state index contributed by atoms with van der Waals surface area (Å²) in [5, 5.41) is 6.18. The number of carbonyl (C=O) groups excluding carboxylic acids is 2. The lowest BCUT2D eigenvalue weighted by Gasteiger charge is -2.32. The van der Waals surface area contributed by atoms with Crippen LogP contribution in [-0.2, 0) is 16.1 Å². The molecule has 0 spiro atoms. The Morgan fingerprint density at radius 3 is 3.08 bits per heavy atom. The quantitative estimate of drug-likeness (QED) is 0.833. The first-order valence-corrected chi connectivity index (χ1v) is 9.30. The van der Waals surface area contributed by atoms with Gasteiger partial charge in [0.2, 0.25) is 5.91 Å². The minimum Gasteiger partial charge on any atom is -0.448 e. The average molecular weight is 352 g/mol. The highest BCUT2D eigenvalue weighted by Crippen LogP contribution is 2.19. The van der Waals surface area contributed by atoms with E-state index in [1.54, 1.807) is 11.3 Å². The average Bonchev–Trinajstić information content (AvgIpc) is 3.15. The molecular formula is C16H24N4O3S. The Morgan fingerprint density at radius 2 is 2.38 bits per heavy atom. The van der Waals surface area contributed by atoms with Crippen LogP contribution in [0.5, 0.6) is 0 Å². The number of nitrogens with zero attached hydrogens (tertiary/aromatic N) is 3. The SMILES string of the molecule is Cc1nc(CN2CCCC(CNC(=O)CN3CCOC3=O)C2)cs1. The van der Waals surface area contributed by atoms with Gasteiger partial charge in [-0.05, 0) is 32.2 Å². The number of hydrogen-bond acceptors (Lipinski definition) is 6. The van der Waals surface area contributed by atoms with E-state index >= 15 is 0 Å². The van der Waals surface area contributed by atoms with Crippen molar-refractivity contribution in [2.45, 2.75) is 26.3 Å². The van der Waals surface area contributed by atoms with Crippen LogP contribution < -0.4 is 5.32 Å². The molecule has 2 saturated heterocycles. The third kappa shape index (κ3) is 4.67. The molecule has 2 amide bonds. The number of carbonyl (C=O) groups is 2. The molecule has 0 bridgehead atoms. The molecule has 132 valence electrons. The van der Waals surface area contributed by atoms with Gasteiger partial charge in [-0.25, -0.2) is 9.78 Å². The molecule has 2 aliphatic heterocycles. The summed E-state index contributed by atoms with van der Waals surface area (Å²) < 4.78 is 4.83. The predicted octanol–water partition coefficient (Wildman–Crippen LogP) is 1.23. The molecule has 3 heterocycles. The highest BCUT2D eigenvalue weighted by Gasteiger charge is 2.25. The molecule has 1 aromatic heterocycles. The number of rotatable bonds is 6. The predicted molar refractivity (Wildman–Crippen MR) is 90.8 cm³/mol. The second kappa shape index (κ2) is 7.94. The van der Waals surface area contributed by atoms with Crippen molar-refractivity contribution in [1.82, 2.24) is 20.1 Å². The van der Waals surface area contributed by atoms with E-state index in [9.17, 15) is 9.59 Å². The summed E-state index contributed by atoms with van der Waals surface area (Å²) >= 11 is 1.69. The van der Waals surface area contributed by atoms with E-state index in [-0.39, 0.29) is 12.5 Å². The maximum atomic E-state index is 12.0.